The fraction of sp³-hybridized carbons (Fsp3) is 0.800. The van der Waals surface area contributed by atoms with Crippen LogP contribution in [0.25, 0.3) is 0 Å². The summed E-state index contributed by atoms with van der Waals surface area (Å²) in [6.07, 6.45) is 0. The maximum absolute atomic E-state index is 10.1. The zero-order chi connectivity index (χ0) is 7.49. The standard InChI is InChI=1S/C5H11NO3/c1-3-6-5(2,9)4(7)8/h6,9H,3H2,1-2H3,(H,7,8). The smallest absolute Gasteiger partial charge is 0.350 e. The number of likely N-dealkylation sites (N-methyl/N-ethyl adjacent to an activating group) is 1. The molecular formula is C5H11NO3. The molecule has 0 spiro atoms. The van der Waals surface area contributed by atoms with Crippen molar-refractivity contribution in [1.29, 1.82) is 0 Å². The van der Waals surface area contributed by atoms with Gasteiger partial charge in [-0.05, 0) is 13.5 Å². The first kappa shape index (κ1) is 8.39. The number of carbonyl (C=O) groups is 1. The van der Waals surface area contributed by atoms with E-state index < -0.39 is 11.7 Å². The third kappa shape index (κ3) is 2.43. The Morgan fingerprint density at radius 2 is 2.22 bits per heavy atom. The number of aliphatic carboxylic acids is 1. The molecular weight excluding hydrogens is 122 g/mol. The Hall–Kier alpha value is -0.610. The number of hydrogen-bond acceptors (Lipinski definition) is 3. The van der Waals surface area contributed by atoms with Crippen LogP contribution >= 0.6 is 0 Å². The predicted octanol–water partition coefficient (Wildman–Crippen LogP) is -0.611. The van der Waals surface area contributed by atoms with E-state index in [1.807, 2.05) is 0 Å². The average molecular weight is 133 g/mol. The number of carboxylic acid groups (broad SMARTS) is 1. The molecule has 54 valence electrons. The molecule has 4 heteroatoms. The summed E-state index contributed by atoms with van der Waals surface area (Å²) in [4.78, 5) is 10.1. The highest BCUT2D eigenvalue weighted by Gasteiger charge is 2.27. The van der Waals surface area contributed by atoms with Gasteiger partial charge in [0.05, 0.1) is 0 Å². The summed E-state index contributed by atoms with van der Waals surface area (Å²) in [5, 5.41) is 19.5. The van der Waals surface area contributed by atoms with Crippen LogP contribution in [0, 0.1) is 0 Å². The van der Waals surface area contributed by atoms with Crippen molar-refractivity contribution in [3.8, 4) is 0 Å². The van der Waals surface area contributed by atoms with Crippen molar-refractivity contribution in [2.75, 3.05) is 6.54 Å². The lowest BCUT2D eigenvalue weighted by molar-refractivity contribution is -0.159. The SMILES string of the molecule is CCNC(C)(O)C(=O)O. The zero-order valence-electron chi connectivity index (χ0n) is 5.51. The van der Waals surface area contributed by atoms with Gasteiger partial charge in [-0.25, -0.2) is 4.79 Å². The average Bonchev–Trinajstić information content (AvgIpc) is 1.65. The Labute approximate surface area is 53.5 Å². The molecule has 0 aliphatic rings. The predicted molar refractivity (Wildman–Crippen MR) is 31.9 cm³/mol. The van der Waals surface area contributed by atoms with Gasteiger partial charge >= 0.3 is 5.97 Å². The van der Waals surface area contributed by atoms with Crippen LogP contribution < -0.4 is 5.32 Å². The van der Waals surface area contributed by atoms with Crippen LogP contribution in [-0.4, -0.2) is 28.5 Å². The molecule has 3 N–H and O–H groups in total. The molecule has 0 heterocycles. The van der Waals surface area contributed by atoms with E-state index in [0.717, 1.165) is 0 Å². The molecule has 0 aliphatic heterocycles. The van der Waals surface area contributed by atoms with Gasteiger partial charge < -0.3 is 10.2 Å². The molecule has 0 fully saturated rings. The summed E-state index contributed by atoms with van der Waals surface area (Å²) in [5.41, 5.74) is -1.78. The number of carboxylic acids is 1. The molecule has 1 unspecified atom stereocenters. The summed E-state index contributed by atoms with van der Waals surface area (Å²) in [6.45, 7) is 3.34. The van der Waals surface area contributed by atoms with Crippen molar-refractivity contribution in [2.24, 2.45) is 0 Å². The van der Waals surface area contributed by atoms with Gasteiger partial charge in [0.2, 0.25) is 5.72 Å². The van der Waals surface area contributed by atoms with E-state index in [1.165, 1.54) is 6.92 Å². The van der Waals surface area contributed by atoms with Crippen molar-refractivity contribution < 1.29 is 15.0 Å². The first-order valence-corrected chi connectivity index (χ1v) is 2.71. The largest absolute Gasteiger partial charge is 0.478 e. The Morgan fingerprint density at radius 3 is 2.33 bits per heavy atom. The Morgan fingerprint density at radius 1 is 1.78 bits per heavy atom. The molecule has 0 bridgehead atoms. The van der Waals surface area contributed by atoms with Gasteiger partial charge in [0, 0.05) is 0 Å². The molecule has 0 saturated heterocycles. The minimum Gasteiger partial charge on any atom is -0.478 e. The topological polar surface area (TPSA) is 69.6 Å². The van der Waals surface area contributed by atoms with E-state index in [9.17, 15) is 4.79 Å². The minimum absolute atomic E-state index is 0.430. The third-order valence-corrected chi connectivity index (χ3v) is 0.937. The summed E-state index contributed by atoms with van der Waals surface area (Å²) < 4.78 is 0. The van der Waals surface area contributed by atoms with Gasteiger partial charge in [-0.2, -0.15) is 0 Å². The quantitative estimate of drug-likeness (QED) is 0.449. The lowest BCUT2D eigenvalue weighted by Gasteiger charge is -2.17. The molecule has 0 aromatic heterocycles. The maximum Gasteiger partial charge on any atom is 0.350 e. The van der Waals surface area contributed by atoms with E-state index in [1.54, 1.807) is 6.92 Å². The first-order chi connectivity index (χ1) is 4.00. The van der Waals surface area contributed by atoms with Crippen molar-refractivity contribution in [3.05, 3.63) is 0 Å². The number of nitrogens with one attached hydrogen (secondary N) is 1. The molecule has 0 aliphatic carbocycles. The normalized spacial score (nSPS) is 16.8. The number of hydrogen-bond donors (Lipinski definition) is 3. The van der Waals surface area contributed by atoms with Crippen LogP contribution in [0.15, 0.2) is 0 Å². The van der Waals surface area contributed by atoms with Gasteiger partial charge in [-0.3, -0.25) is 5.32 Å². The van der Waals surface area contributed by atoms with Crippen LogP contribution in [0.1, 0.15) is 13.8 Å². The van der Waals surface area contributed by atoms with Gasteiger partial charge in [0.25, 0.3) is 0 Å². The summed E-state index contributed by atoms with van der Waals surface area (Å²) in [5.74, 6) is -1.26. The monoisotopic (exact) mass is 133 g/mol. The molecule has 0 radical (unpaired) electrons. The highest BCUT2D eigenvalue weighted by molar-refractivity contribution is 5.75. The zero-order valence-corrected chi connectivity index (χ0v) is 5.51. The molecule has 1 atom stereocenters. The molecule has 0 amide bonds. The summed E-state index contributed by atoms with van der Waals surface area (Å²) in [6, 6.07) is 0. The van der Waals surface area contributed by atoms with Crippen molar-refractivity contribution in [3.63, 3.8) is 0 Å². The van der Waals surface area contributed by atoms with Crippen LogP contribution in [0.4, 0.5) is 0 Å². The summed E-state index contributed by atoms with van der Waals surface area (Å²) >= 11 is 0. The minimum atomic E-state index is -1.78. The summed E-state index contributed by atoms with van der Waals surface area (Å²) in [7, 11) is 0. The lowest BCUT2D eigenvalue weighted by atomic mass is 10.3. The van der Waals surface area contributed by atoms with E-state index >= 15 is 0 Å². The molecule has 9 heavy (non-hydrogen) atoms. The van der Waals surface area contributed by atoms with Gasteiger partial charge in [0.15, 0.2) is 0 Å². The second kappa shape index (κ2) is 2.80. The van der Waals surface area contributed by atoms with Gasteiger partial charge in [0.1, 0.15) is 0 Å². The third-order valence-electron chi connectivity index (χ3n) is 0.937. The second-order valence-corrected chi connectivity index (χ2v) is 1.91. The molecule has 0 aromatic carbocycles. The molecule has 4 nitrogen and oxygen atoms in total. The highest BCUT2D eigenvalue weighted by atomic mass is 16.4. The van der Waals surface area contributed by atoms with Crippen LogP contribution in [0.5, 0.6) is 0 Å². The van der Waals surface area contributed by atoms with Crippen LogP contribution in [-0.2, 0) is 4.79 Å². The van der Waals surface area contributed by atoms with Crippen molar-refractivity contribution in [1.82, 2.24) is 5.32 Å². The van der Waals surface area contributed by atoms with Crippen molar-refractivity contribution in [2.45, 2.75) is 19.6 Å². The van der Waals surface area contributed by atoms with E-state index in [0.29, 0.717) is 6.54 Å². The Kier molecular flexibility index (Phi) is 2.61. The second-order valence-electron chi connectivity index (χ2n) is 1.91. The van der Waals surface area contributed by atoms with E-state index in [2.05, 4.69) is 5.32 Å². The highest BCUT2D eigenvalue weighted by Crippen LogP contribution is 1.95. The molecule has 0 rings (SSSR count). The Bertz CT molecular complexity index is 111. The fourth-order valence-electron chi connectivity index (χ4n) is 0.420. The van der Waals surface area contributed by atoms with Gasteiger partial charge in [-0.15, -0.1) is 0 Å². The molecule has 0 saturated carbocycles. The Balaban J connectivity index is 3.85. The van der Waals surface area contributed by atoms with Crippen LogP contribution in [0.3, 0.4) is 0 Å². The van der Waals surface area contributed by atoms with Crippen LogP contribution in [0.2, 0.25) is 0 Å². The van der Waals surface area contributed by atoms with E-state index in [4.69, 9.17) is 10.2 Å². The fourth-order valence-corrected chi connectivity index (χ4v) is 0.420. The number of aliphatic hydroxyl groups is 1. The number of rotatable bonds is 3. The molecule has 0 aromatic rings. The maximum atomic E-state index is 10.1. The van der Waals surface area contributed by atoms with Gasteiger partial charge in [-0.1, -0.05) is 6.92 Å². The van der Waals surface area contributed by atoms with E-state index in [-0.39, 0.29) is 0 Å². The lowest BCUT2D eigenvalue weighted by Crippen LogP contribution is -2.49. The van der Waals surface area contributed by atoms with Crippen molar-refractivity contribution >= 4 is 5.97 Å². The first-order valence-electron chi connectivity index (χ1n) is 2.71.